The molecule has 1 aromatic rings. The second kappa shape index (κ2) is 3.65. The zero-order valence-corrected chi connectivity index (χ0v) is 8.86. The van der Waals surface area contributed by atoms with Crippen molar-refractivity contribution >= 4 is 17.7 Å². The largest absolute Gasteiger partial charge is 0.351 e. The van der Waals surface area contributed by atoms with E-state index in [1.165, 1.54) is 19.0 Å². The zero-order chi connectivity index (χ0) is 10.0. The summed E-state index contributed by atoms with van der Waals surface area (Å²) in [6, 6.07) is 0. The van der Waals surface area contributed by atoms with E-state index >= 15 is 0 Å². The Bertz CT molecular complexity index is 319. The molecule has 2 N–H and O–H groups in total. The van der Waals surface area contributed by atoms with Crippen LogP contribution in [0.4, 0.5) is 0 Å². The molecule has 0 unspecified atom stereocenters. The highest BCUT2D eigenvalue weighted by Gasteiger charge is 2.41. The van der Waals surface area contributed by atoms with E-state index in [0.717, 1.165) is 6.54 Å². The van der Waals surface area contributed by atoms with Crippen molar-refractivity contribution in [3.8, 4) is 0 Å². The van der Waals surface area contributed by atoms with Gasteiger partial charge in [-0.2, -0.15) is 16.9 Å². The molecule has 1 aliphatic rings. The molecule has 0 atom stereocenters. The summed E-state index contributed by atoms with van der Waals surface area (Å²) in [6.45, 7) is 0.762. The number of aromatic nitrogens is 2. The lowest BCUT2D eigenvalue weighted by Crippen LogP contribution is -2.31. The van der Waals surface area contributed by atoms with Crippen LogP contribution in [0, 0.1) is 0 Å². The predicted molar refractivity (Wildman–Crippen MR) is 56.4 cm³/mol. The summed E-state index contributed by atoms with van der Waals surface area (Å²) in [5.74, 6) is -0.0425. The minimum absolute atomic E-state index is 0.0425. The van der Waals surface area contributed by atoms with Crippen LogP contribution in [-0.2, 0) is 0 Å². The average molecular weight is 211 g/mol. The highest BCUT2D eigenvalue weighted by Crippen LogP contribution is 2.46. The molecule has 1 saturated carbocycles. The van der Waals surface area contributed by atoms with Gasteiger partial charge in [-0.3, -0.25) is 9.89 Å². The molecule has 1 fully saturated rings. The number of aromatic amines is 1. The summed E-state index contributed by atoms with van der Waals surface area (Å²) in [7, 11) is 0. The van der Waals surface area contributed by atoms with E-state index in [4.69, 9.17) is 0 Å². The van der Waals surface area contributed by atoms with Crippen LogP contribution >= 0.6 is 11.8 Å². The van der Waals surface area contributed by atoms with E-state index in [-0.39, 0.29) is 5.91 Å². The highest BCUT2D eigenvalue weighted by atomic mass is 32.2. The molecule has 0 aromatic carbocycles. The number of amides is 1. The van der Waals surface area contributed by atoms with Crippen molar-refractivity contribution in [2.24, 2.45) is 0 Å². The zero-order valence-electron chi connectivity index (χ0n) is 8.04. The lowest BCUT2D eigenvalue weighted by molar-refractivity contribution is 0.0953. The quantitative estimate of drug-likeness (QED) is 0.782. The van der Waals surface area contributed by atoms with Crippen molar-refractivity contribution in [2.75, 3.05) is 12.8 Å². The van der Waals surface area contributed by atoms with Gasteiger partial charge < -0.3 is 5.32 Å². The number of carbonyl (C=O) groups is 1. The van der Waals surface area contributed by atoms with Gasteiger partial charge in [0.2, 0.25) is 0 Å². The van der Waals surface area contributed by atoms with Gasteiger partial charge >= 0.3 is 0 Å². The van der Waals surface area contributed by atoms with Crippen molar-refractivity contribution in [1.29, 1.82) is 0 Å². The van der Waals surface area contributed by atoms with E-state index < -0.39 is 0 Å². The Morgan fingerprint density at radius 3 is 3.07 bits per heavy atom. The second-order valence-corrected chi connectivity index (χ2v) is 4.83. The van der Waals surface area contributed by atoms with Gasteiger partial charge in [-0.05, 0) is 19.1 Å². The molecule has 4 nitrogen and oxygen atoms in total. The lowest BCUT2D eigenvalue weighted by atomic mass is 10.3. The Balaban J connectivity index is 1.84. The Morgan fingerprint density at radius 1 is 1.79 bits per heavy atom. The van der Waals surface area contributed by atoms with Crippen LogP contribution in [0.1, 0.15) is 23.2 Å². The van der Waals surface area contributed by atoms with E-state index in [9.17, 15) is 4.79 Å². The fourth-order valence-electron chi connectivity index (χ4n) is 1.31. The van der Waals surface area contributed by atoms with Crippen molar-refractivity contribution in [2.45, 2.75) is 17.6 Å². The minimum Gasteiger partial charge on any atom is -0.351 e. The molecule has 0 radical (unpaired) electrons. The summed E-state index contributed by atoms with van der Waals surface area (Å²) in [5, 5.41) is 9.27. The number of H-pyrrole nitrogens is 1. The number of hydrogen-bond acceptors (Lipinski definition) is 3. The van der Waals surface area contributed by atoms with Crippen LogP contribution in [0.25, 0.3) is 0 Å². The van der Waals surface area contributed by atoms with Crippen LogP contribution in [-0.4, -0.2) is 33.7 Å². The van der Waals surface area contributed by atoms with Gasteiger partial charge in [0.05, 0.1) is 11.8 Å². The molecule has 1 aliphatic carbocycles. The van der Waals surface area contributed by atoms with Crippen molar-refractivity contribution in [3.05, 3.63) is 18.0 Å². The molecule has 1 amide bonds. The number of nitrogens with zero attached hydrogens (tertiary/aromatic N) is 1. The Hall–Kier alpha value is -0.970. The Morgan fingerprint density at radius 2 is 2.57 bits per heavy atom. The molecule has 0 spiro atoms. The molecular weight excluding hydrogens is 198 g/mol. The van der Waals surface area contributed by atoms with Gasteiger partial charge in [0.1, 0.15) is 0 Å². The minimum atomic E-state index is -0.0425. The number of hydrogen-bond donors (Lipinski definition) is 2. The molecule has 2 rings (SSSR count). The van der Waals surface area contributed by atoms with Gasteiger partial charge in [0, 0.05) is 17.5 Å². The van der Waals surface area contributed by atoms with Crippen LogP contribution in [0.3, 0.4) is 0 Å². The third kappa shape index (κ3) is 1.92. The summed E-state index contributed by atoms with van der Waals surface area (Å²) in [6.07, 6.45) is 7.65. The molecule has 5 heteroatoms. The monoisotopic (exact) mass is 211 g/mol. The van der Waals surface area contributed by atoms with Gasteiger partial charge in [-0.25, -0.2) is 0 Å². The predicted octanol–water partition coefficient (Wildman–Crippen LogP) is 1.04. The SMILES string of the molecule is CSC1(CNC(=O)c2cn[nH]c2)CC1. The van der Waals surface area contributed by atoms with Crippen LogP contribution in [0.2, 0.25) is 0 Å². The van der Waals surface area contributed by atoms with E-state index in [0.29, 0.717) is 10.3 Å². The molecule has 0 saturated heterocycles. The number of rotatable bonds is 4. The summed E-state index contributed by atoms with van der Waals surface area (Å²) < 4.78 is 0.319. The van der Waals surface area contributed by atoms with Gasteiger partial charge in [-0.1, -0.05) is 0 Å². The third-order valence-electron chi connectivity index (χ3n) is 2.57. The first-order chi connectivity index (χ1) is 6.76. The number of thioether (sulfide) groups is 1. The van der Waals surface area contributed by atoms with E-state index in [2.05, 4.69) is 21.8 Å². The van der Waals surface area contributed by atoms with Crippen LogP contribution in [0.5, 0.6) is 0 Å². The molecule has 1 heterocycles. The maximum Gasteiger partial charge on any atom is 0.254 e. The van der Waals surface area contributed by atoms with Gasteiger partial charge in [-0.15, -0.1) is 0 Å². The molecular formula is C9H13N3OS. The highest BCUT2D eigenvalue weighted by molar-refractivity contribution is 8.00. The summed E-state index contributed by atoms with van der Waals surface area (Å²) in [5.41, 5.74) is 0.599. The Labute approximate surface area is 86.8 Å². The van der Waals surface area contributed by atoms with Crippen molar-refractivity contribution < 1.29 is 4.79 Å². The maximum absolute atomic E-state index is 11.5. The molecule has 0 aliphatic heterocycles. The standard InChI is InChI=1S/C9H13N3OS/c1-14-9(2-3-9)6-10-8(13)7-4-11-12-5-7/h4-5H,2-3,6H2,1H3,(H,10,13)(H,11,12). The van der Waals surface area contributed by atoms with Crippen LogP contribution < -0.4 is 5.32 Å². The average Bonchev–Trinajstić information content (AvgIpc) is 2.78. The third-order valence-corrected chi connectivity index (χ3v) is 3.99. The first kappa shape index (κ1) is 9.58. The number of nitrogens with one attached hydrogen (secondary N) is 2. The van der Waals surface area contributed by atoms with Gasteiger partial charge in [0.25, 0.3) is 5.91 Å². The maximum atomic E-state index is 11.5. The molecule has 14 heavy (non-hydrogen) atoms. The topological polar surface area (TPSA) is 57.8 Å². The first-order valence-electron chi connectivity index (χ1n) is 4.58. The Kier molecular flexibility index (Phi) is 2.50. The van der Waals surface area contributed by atoms with Gasteiger partial charge in [0.15, 0.2) is 0 Å². The molecule has 76 valence electrons. The second-order valence-electron chi connectivity index (χ2n) is 3.56. The van der Waals surface area contributed by atoms with E-state index in [1.54, 1.807) is 6.20 Å². The lowest BCUT2D eigenvalue weighted by Gasteiger charge is -2.11. The summed E-state index contributed by atoms with van der Waals surface area (Å²) in [4.78, 5) is 11.5. The number of carbonyl (C=O) groups excluding carboxylic acids is 1. The van der Waals surface area contributed by atoms with E-state index in [1.807, 2.05) is 11.8 Å². The molecule has 1 aromatic heterocycles. The summed E-state index contributed by atoms with van der Waals surface area (Å²) >= 11 is 1.84. The smallest absolute Gasteiger partial charge is 0.254 e. The molecule has 0 bridgehead atoms. The fraction of sp³-hybridized carbons (Fsp3) is 0.556. The van der Waals surface area contributed by atoms with Crippen molar-refractivity contribution in [3.63, 3.8) is 0 Å². The normalized spacial score (nSPS) is 17.8. The van der Waals surface area contributed by atoms with Crippen molar-refractivity contribution in [1.82, 2.24) is 15.5 Å². The van der Waals surface area contributed by atoms with Crippen LogP contribution in [0.15, 0.2) is 12.4 Å². The fourth-order valence-corrected chi connectivity index (χ4v) is 2.04. The first-order valence-corrected chi connectivity index (χ1v) is 5.80.